The molecule has 3 rings (SSSR count). The summed E-state index contributed by atoms with van der Waals surface area (Å²) in [6.45, 7) is 16.3. The summed E-state index contributed by atoms with van der Waals surface area (Å²) in [6.07, 6.45) is 11.8. The molecule has 2 aromatic heterocycles. The van der Waals surface area contributed by atoms with Crippen LogP contribution in [0.1, 0.15) is 51.9 Å². The third-order valence-electron chi connectivity index (χ3n) is 6.06. The molecule has 0 bridgehead atoms. The Hall–Kier alpha value is -3.73. The van der Waals surface area contributed by atoms with E-state index < -0.39 is 5.60 Å². The predicted molar refractivity (Wildman–Crippen MR) is 144 cm³/mol. The van der Waals surface area contributed by atoms with Crippen molar-refractivity contribution in [1.29, 1.82) is 5.26 Å². The highest BCUT2D eigenvalue weighted by Crippen LogP contribution is 2.28. The highest BCUT2D eigenvalue weighted by Gasteiger charge is 2.18. The molecule has 7 heteroatoms. The first-order valence-corrected chi connectivity index (χ1v) is 12.0. The van der Waals surface area contributed by atoms with Crippen molar-refractivity contribution >= 4 is 22.2 Å². The van der Waals surface area contributed by atoms with Crippen molar-refractivity contribution in [2.45, 2.75) is 52.2 Å². The smallest absolute Gasteiger partial charge is 0.141 e. The lowest BCUT2D eigenvalue weighted by Gasteiger charge is -2.24. The minimum absolute atomic E-state index is 0.00335. The summed E-state index contributed by atoms with van der Waals surface area (Å²) in [5, 5.41) is 20.9. The lowest BCUT2D eigenvalue weighted by atomic mass is 9.97. The molecule has 0 unspecified atom stereocenters. The molecule has 2 aromatic rings. The summed E-state index contributed by atoms with van der Waals surface area (Å²) in [5.41, 5.74) is 4.17. The molecular weight excluding hydrogens is 452 g/mol. The van der Waals surface area contributed by atoms with Gasteiger partial charge in [0.05, 0.1) is 30.1 Å². The van der Waals surface area contributed by atoms with E-state index in [4.69, 9.17) is 9.47 Å². The number of fused-ring (bicyclic) bond motifs is 1. The van der Waals surface area contributed by atoms with Gasteiger partial charge in [-0.25, -0.2) is 9.97 Å². The first kappa shape index (κ1) is 26.9. The monoisotopic (exact) mass is 486 g/mol. The lowest BCUT2D eigenvalue weighted by Crippen LogP contribution is -2.23. The summed E-state index contributed by atoms with van der Waals surface area (Å²) in [7, 11) is 0. The standard InChI is InChI=1S/C29H34N4O3/c1-7-22(29(5,6)34)10-9-19(3)25-16-24-27(31-18-32-28(24)33-25)20(4)15-21(17-30)26(8-2)36-23-11-13-35-14-12-23/h7-10,15-16,18,23,34H,1-2,11-14H2,3-6H3,(H,31,32,33)/b19-9+,20-15+,22-10+,26-21-. The van der Waals surface area contributed by atoms with Crippen molar-refractivity contribution in [2.75, 3.05) is 13.2 Å². The van der Waals surface area contributed by atoms with Crippen LogP contribution in [0.15, 0.2) is 72.8 Å². The van der Waals surface area contributed by atoms with E-state index in [9.17, 15) is 10.4 Å². The van der Waals surface area contributed by atoms with E-state index >= 15 is 0 Å². The minimum Gasteiger partial charge on any atom is -0.489 e. The molecule has 7 nitrogen and oxygen atoms in total. The van der Waals surface area contributed by atoms with Gasteiger partial charge in [0.1, 0.15) is 29.9 Å². The van der Waals surface area contributed by atoms with E-state index in [0.29, 0.717) is 35.8 Å². The van der Waals surface area contributed by atoms with Crippen molar-refractivity contribution in [3.63, 3.8) is 0 Å². The normalized spacial score (nSPS) is 16.9. The van der Waals surface area contributed by atoms with Crippen LogP contribution < -0.4 is 0 Å². The molecule has 0 saturated carbocycles. The third kappa shape index (κ3) is 6.48. The third-order valence-corrected chi connectivity index (χ3v) is 6.06. The molecule has 1 aliphatic rings. The number of nitrogens with one attached hydrogen (secondary N) is 1. The first-order valence-electron chi connectivity index (χ1n) is 12.0. The number of aromatic nitrogens is 3. The maximum absolute atomic E-state index is 10.3. The zero-order valence-electron chi connectivity index (χ0n) is 21.5. The molecule has 1 fully saturated rings. The number of hydrogen-bond donors (Lipinski definition) is 2. The highest BCUT2D eigenvalue weighted by atomic mass is 16.5. The topological polar surface area (TPSA) is 104 Å². The van der Waals surface area contributed by atoms with Crippen molar-refractivity contribution in [2.24, 2.45) is 0 Å². The van der Waals surface area contributed by atoms with Crippen LogP contribution >= 0.6 is 0 Å². The van der Waals surface area contributed by atoms with Crippen LogP contribution in [0.3, 0.4) is 0 Å². The van der Waals surface area contributed by atoms with E-state index in [-0.39, 0.29) is 6.10 Å². The SMILES string of the molecule is C=C/C(OC1CCOCC1)=C(C#N)\C=C(/C)c1ncnc2[nH]c(/C(C)=C/C=C(\C=C)C(C)(C)O)cc12. The zero-order chi connectivity index (χ0) is 26.3. The number of rotatable bonds is 9. The molecule has 1 aliphatic heterocycles. The fourth-order valence-corrected chi connectivity index (χ4v) is 3.93. The molecule has 0 atom stereocenters. The van der Waals surface area contributed by atoms with Crippen LogP contribution in [-0.4, -0.2) is 45.0 Å². The Morgan fingerprint density at radius 3 is 2.53 bits per heavy atom. The van der Waals surface area contributed by atoms with E-state index in [0.717, 1.165) is 40.8 Å². The Balaban J connectivity index is 1.97. The summed E-state index contributed by atoms with van der Waals surface area (Å²) in [6, 6.07) is 4.23. The van der Waals surface area contributed by atoms with Gasteiger partial charge in [0.2, 0.25) is 0 Å². The molecule has 0 amide bonds. The maximum atomic E-state index is 10.3. The number of nitrogens with zero attached hydrogens (tertiary/aromatic N) is 3. The lowest BCUT2D eigenvalue weighted by molar-refractivity contribution is -0.000987. The van der Waals surface area contributed by atoms with E-state index in [1.54, 1.807) is 32.1 Å². The second-order valence-electron chi connectivity index (χ2n) is 9.25. The Morgan fingerprint density at radius 1 is 1.19 bits per heavy atom. The van der Waals surface area contributed by atoms with Crippen LogP contribution in [0.4, 0.5) is 0 Å². The molecule has 0 spiro atoms. The van der Waals surface area contributed by atoms with Crippen LogP contribution in [0.25, 0.3) is 22.2 Å². The average Bonchev–Trinajstić information content (AvgIpc) is 3.30. The van der Waals surface area contributed by atoms with Gasteiger partial charge in [0, 0.05) is 23.9 Å². The van der Waals surface area contributed by atoms with Gasteiger partial charge in [-0.2, -0.15) is 5.26 Å². The van der Waals surface area contributed by atoms with Gasteiger partial charge < -0.3 is 19.6 Å². The molecule has 3 heterocycles. The van der Waals surface area contributed by atoms with E-state index in [1.807, 2.05) is 32.1 Å². The number of nitriles is 1. The van der Waals surface area contributed by atoms with E-state index in [1.165, 1.54) is 6.33 Å². The maximum Gasteiger partial charge on any atom is 0.141 e. The van der Waals surface area contributed by atoms with Gasteiger partial charge in [-0.05, 0) is 62.6 Å². The van der Waals surface area contributed by atoms with Gasteiger partial charge in [-0.15, -0.1) is 0 Å². The molecule has 0 aromatic carbocycles. The van der Waals surface area contributed by atoms with Crippen molar-refractivity contribution in [3.8, 4) is 6.07 Å². The van der Waals surface area contributed by atoms with Crippen molar-refractivity contribution in [3.05, 3.63) is 84.2 Å². The van der Waals surface area contributed by atoms with Crippen LogP contribution in [0.5, 0.6) is 0 Å². The number of aliphatic hydroxyl groups is 1. The molecule has 188 valence electrons. The second-order valence-corrected chi connectivity index (χ2v) is 9.25. The van der Waals surface area contributed by atoms with Crippen LogP contribution in [0, 0.1) is 11.3 Å². The fraction of sp³-hybridized carbons (Fsp3) is 0.345. The number of H-pyrrole nitrogens is 1. The predicted octanol–water partition coefficient (Wildman–Crippen LogP) is 5.81. The number of aromatic amines is 1. The molecule has 0 aliphatic carbocycles. The summed E-state index contributed by atoms with van der Waals surface area (Å²) in [4.78, 5) is 12.2. The summed E-state index contributed by atoms with van der Waals surface area (Å²) in [5.74, 6) is 0.458. The molecule has 1 saturated heterocycles. The van der Waals surface area contributed by atoms with Crippen molar-refractivity contribution in [1.82, 2.24) is 15.0 Å². The Kier molecular flexibility index (Phi) is 8.81. The molecule has 0 radical (unpaired) electrons. The van der Waals surface area contributed by atoms with Gasteiger partial charge in [0.25, 0.3) is 0 Å². The Labute approximate surface area is 212 Å². The van der Waals surface area contributed by atoms with E-state index in [2.05, 4.69) is 34.2 Å². The zero-order valence-corrected chi connectivity index (χ0v) is 21.5. The fourth-order valence-electron chi connectivity index (χ4n) is 3.93. The van der Waals surface area contributed by atoms with Crippen LogP contribution in [0.2, 0.25) is 0 Å². The number of allylic oxidation sites excluding steroid dienone is 7. The van der Waals surface area contributed by atoms with Gasteiger partial charge in [-0.1, -0.05) is 31.4 Å². The summed E-state index contributed by atoms with van der Waals surface area (Å²) >= 11 is 0. The number of ether oxygens (including phenoxy) is 2. The molecule has 36 heavy (non-hydrogen) atoms. The minimum atomic E-state index is -0.982. The summed E-state index contributed by atoms with van der Waals surface area (Å²) < 4.78 is 11.5. The van der Waals surface area contributed by atoms with Crippen molar-refractivity contribution < 1.29 is 14.6 Å². The number of hydrogen-bond acceptors (Lipinski definition) is 6. The average molecular weight is 487 g/mol. The van der Waals surface area contributed by atoms with Gasteiger partial charge in [0.15, 0.2) is 0 Å². The molecule has 2 N–H and O–H groups in total. The second kappa shape index (κ2) is 11.8. The van der Waals surface area contributed by atoms with Crippen LogP contribution in [-0.2, 0) is 9.47 Å². The first-order chi connectivity index (χ1) is 17.2. The van der Waals surface area contributed by atoms with Gasteiger partial charge in [-0.3, -0.25) is 0 Å². The quantitative estimate of drug-likeness (QED) is 0.263. The molecular formula is C29H34N4O3. The Morgan fingerprint density at radius 2 is 1.92 bits per heavy atom. The highest BCUT2D eigenvalue weighted by molar-refractivity contribution is 5.91. The Bertz CT molecular complexity index is 1290. The largest absolute Gasteiger partial charge is 0.489 e. The van der Waals surface area contributed by atoms with Gasteiger partial charge >= 0.3 is 0 Å².